The van der Waals surface area contributed by atoms with Gasteiger partial charge in [-0.25, -0.2) is 4.98 Å². The van der Waals surface area contributed by atoms with Gasteiger partial charge in [0.2, 0.25) is 0 Å². The largest absolute Gasteiger partial charge is 0.304 e. The topological polar surface area (TPSA) is 17.3 Å². The van der Waals surface area contributed by atoms with Crippen LogP contribution in [0.25, 0.3) is 5.65 Å². The molecule has 0 amide bonds. The SMILES string of the molecule is [CH2]Cc1ccn2c(C)cnc2c1. The van der Waals surface area contributed by atoms with E-state index in [2.05, 4.69) is 28.4 Å². The van der Waals surface area contributed by atoms with Crippen molar-refractivity contribution in [3.8, 4) is 0 Å². The fraction of sp³-hybridized carbons (Fsp3) is 0.200. The van der Waals surface area contributed by atoms with E-state index in [-0.39, 0.29) is 0 Å². The molecule has 0 unspecified atom stereocenters. The molecular formula is C10H11N2. The predicted octanol–water partition coefficient (Wildman–Crippen LogP) is 2.02. The van der Waals surface area contributed by atoms with Crippen molar-refractivity contribution >= 4 is 5.65 Å². The quantitative estimate of drug-likeness (QED) is 0.622. The highest BCUT2D eigenvalue weighted by molar-refractivity contribution is 5.43. The number of nitrogens with zero attached hydrogens (tertiary/aromatic N) is 2. The van der Waals surface area contributed by atoms with Gasteiger partial charge in [0.1, 0.15) is 5.65 Å². The van der Waals surface area contributed by atoms with E-state index in [1.54, 1.807) is 0 Å². The van der Waals surface area contributed by atoms with Crippen LogP contribution in [-0.4, -0.2) is 9.38 Å². The lowest BCUT2D eigenvalue weighted by atomic mass is 10.2. The lowest BCUT2D eigenvalue weighted by Crippen LogP contribution is -1.88. The molecule has 0 bridgehead atoms. The molecule has 0 spiro atoms. The summed E-state index contributed by atoms with van der Waals surface area (Å²) in [7, 11) is 0. The second-order valence-corrected chi connectivity index (χ2v) is 2.91. The third kappa shape index (κ3) is 0.998. The minimum absolute atomic E-state index is 0.822. The monoisotopic (exact) mass is 159 g/mol. The van der Waals surface area contributed by atoms with Crippen molar-refractivity contribution in [3.05, 3.63) is 42.7 Å². The molecule has 1 radical (unpaired) electrons. The number of fused-ring (bicyclic) bond motifs is 1. The lowest BCUT2D eigenvalue weighted by Gasteiger charge is -1.98. The second kappa shape index (κ2) is 2.63. The maximum Gasteiger partial charge on any atom is 0.137 e. The van der Waals surface area contributed by atoms with Crippen LogP contribution in [0.1, 0.15) is 11.3 Å². The van der Waals surface area contributed by atoms with Crippen molar-refractivity contribution in [3.63, 3.8) is 0 Å². The number of pyridine rings is 1. The molecular weight excluding hydrogens is 148 g/mol. The molecule has 0 aliphatic heterocycles. The highest BCUT2D eigenvalue weighted by atomic mass is 15.0. The Balaban J connectivity index is 2.69. The van der Waals surface area contributed by atoms with Crippen molar-refractivity contribution in [2.24, 2.45) is 0 Å². The Morgan fingerprint density at radius 1 is 1.58 bits per heavy atom. The van der Waals surface area contributed by atoms with Crippen LogP contribution < -0.4 is 0 Å². The third-order valence-corrected chi connectivity index (χ3v) is 2.05. The highest BCUT2D eigenvalue weighted by Gasteiger charge is 1.97. The van der Waals surface area contributed by atoms with E-state index in [0.717, 1.165) is 12.1 Å². The van der Waals surface area contributed by atoms with Crippen molar-refractivity contribution in [1.82, 2.24) is 9.38 Å². The first-order valence-electron chi connectivity index (χ1n) is 4.03. The van der Waals surface area contributed by atoms with Gasteiger partial charge in [-0.1, -0.05) is 0 Å². The number of rotatable bonds is 1. The van der Waals surface area contributed by atoms with Crippen LogP contribution in [0.15, 0.2) is 24.5 Å². The summed E-state index contributed by atoms with van der Waals surface area (Å²) in [4.78, 5) is 4.26. The highest BCUT2D eigenvalue weighted by Crippen LogP contribution is 2.08. The van der Waals surface area contributed by atoms with Crippen LogP contribution in [-0.2, 0) is 6.42 Å². The van der Waals surface area contributed by atoms with E-state index < -0.39 is 0 Å². The third-order valence-electron chi connectivity index (χ3n) is 2.05. The molecule has 2 heterocycles. The van der Waals surface area contributed by atoms with E-state index in [1.807, 2.05) is 19.3 Å². The Morgan fingerprint density at radius 3 is 3.17 bits per heavy atom. The average Bonchev–Trinajstić information content (AvgIpc) is 2.47. The summed E-state index contributed by atoms with van der Waals surface area (Å²) in [5, 5.41) is 0. The number of aromatic nitrogens is 2. The van der Waals surface area contributed by atoms with E-state index in [9.17, 15) is 0 Å². The van der Waals surface area contributed by atoms with E-state index in [1.165, 1.54) is 11.3 Å². The molecule has 0 aliphatic carbocycles. The molecule has 0 aromatic carbocycles. The summed E-state index contributed by atoms with van der Waals surface area (Å²) >= 11 is 0. The maximum absolute atomic E-state index is 4.26. The molecule has 0 saturated carbocycles. The molecule has 2 heteroatoms. The van der Waals surface area contributed by atoms with Gasteiger partial charge >= 0.3 is 0 Å². The van der Waals surface area contributed by atoms with Crippen LogP contribution in [0.5, 0.6) is 0 Å². The molecule has 0 atom stereocenters. The Hall–Kier alpha value is -1.31. The summed E-state index contributed by atoms with van der Waals surface area (Å²) < 4.78 is 2.07. The minimum Gasteiger partial charge on any atom is -0.304 e. The van der Waals surface area contributed by atoms with Gasteiger partial charge in [0.15, 0.2) is 0 Å². The van der Waals surface area contributed by atoms with Crippen molar-refractivity contribution in [1.29, 1.82) is 0 Å². The Labute approximate surface area is 71.9 Å². The first kappa shape index (κ1) is 7.35. The van der Waals surface area contributed by atoms with Crippen LogP contribution in [0.2, 0.25) is 0 Å². The Kier molecular flexibility index (Phi) is 1.61. The fourth-order valence-electron chi connectivity index (χ4n) is 1.31. The van der Waals surface area contributed by atoms with Crippen molar-refractivity contribution < 1.29 is 0 Å². The van der Waals surface area contributed by atoms with E-state index in [0.29, 0.717) is 0 Å². The first-order valence-corrected chi connectivity index (χ1v) is 4.03. The molecule has 0 saturated heterocycles. The van der Waals surface area contributed by atoms with Gasteiger partial charge in [-0.2, -0.15) is 0 Å². The van der Waals surface area contributed by atoms with Gasteiger partial charge in [-0.15, -0.1) is 0 Å². The van der Waals surface area contributed by atoms with Crippen LogP contribution in [0, 0.1) is 13.8 Å². The minimum atomic E-state index is 0.822. The predicted molar refractivity (Wildman–Crippen MR) is 49.0 cm³/mol. The summed E-state index contributed by atoms with van der Waals surface area (Å²) in [6, 6.07) is 4.15. The Morgan fingerprint density at radius 2 is 2.42 bits per heavy atom. The lowest BCUT2D eigenvalue weighted by molar-refractivity contribution is 1.09. The summed E-state index contributed by atoms with van der Waals surface area (Å²) in [5.41, 5.74) is 3.40. The Bertz CT molecular complexity index is 401. The van der Waals surface area contributed by atoms with Crippen molar-refractivity contribution in [2.75, 3.05) is 0 Å². The van der Waals surface area contributed by atoms with Crippen LogP contribution in [0.4, 0.5) is 0 Å². The van der Waals surface area contributed by atoms with Gasteiger partial charge in [0.25, 0.3) is 0 Å². The van der Waals surface area contributed by atoms with Crippen molar-refractivity contribution in [2.45, 2.75) is 13.3 Å². The zero-order valence-corrected chi connectivity index (χ0v) is 7.12. The molecule has 2 aromatic rings. The smallest absolute Gasteiger partial charge is 0.137 e. The fourth-order valence-corrected chi connectivity index (χ4v) is 1.31. The molecule has 0 fully saturated rings. The van der Waals surface area contributed by atoms with Crippen LogP contribution >= 0.6 is 0 Å². The van der Waals surface area contributed by atoms with E-state index in [4.69, 9.17) is 0 Å². The zero-order chi connectivity index (χ0) is 8.55. The molecule has 12 heavy (non-hydrogen) atoms. The van der Waals surface area contributed by atoms with Crippen LogP contribution in [0.3, 0.4) is 0 Å². The summed E-state index contributed by atoms with van der Waals surface area (Å²) in [6.07, 6.45) is 4.74. The number of imidazole rings is 1. The molecule has 2 aromatic heterocycles. The van der Waals surface area contributed by atoms with Gasteiger partial charge < -0.3 is 4.40 Å². The number of aryl methyl sites for hydroxylation is 1. The number of hydrogen-bond donors (Lipinski definition) is 0. The standard InChI is InChI=1S/C10H11N2/c1-3-9-4-5-12-8(2)7-11-10(12)6-9/h4-7H,1,3H2,2H3. The van der Waals surface area contributed by atoms with E-state index >= 15 is 0 Å². The van der Waals surface area contributed by atoms with Gasteiger partial charge in [-0.3, -0.25) is 0 Å². The molecule has 0 aliphatic rings. The van der Waals surface area contributed by atoms with Gasteiger partial charge in [0, 0.05) is 18.1 Å². The molecule has 0 N–H and O–H groups in total. The second-order valence-electron chi connectivity index (χ2n) is 2.91. The summed E-state index contributed by atoms with van der Waals surface area (Å²) in [5.74, 6) is 0. The first-order chi connectivity index (χ1) is 5.81. The average molecular weight is 159 g/mol. The summed E-state index contributed by atoms with van der Waals surface area (Å²) in [6.45, 7) is 5.88. The molecule has 2 rings (SSSR count). The molecule has 61 valence electrons. The molecule has 2 nitrogen and oxygen atoms in total. The normalized spacial score (nSPS) is 10.8. The maximum atomic E-state index is 4.26. The van der Waals surface area contributed by atoms with Gasteiger partial charge in [-0.05, 0) is 38.0 Å². The number of hydrogen-bond acceptors (Lipinski definition) is 1. The van der Waals surface area contributed by atoms with Gasteiger partial charge in [0.05, 0.1) is 0 Å². The zero-order valence-electron chi connectivity index (χ0n) is 7.12.